The van der Waals surface area contributed by atoms with Crippen LogP contribution in [0.5, 0.6) is 0 Å². The molecule has 2 aliphatic rings. The van der Waals surface area contributed by atoms with Crippen molar-refractivity contribution < 1.29 is 0 Å². The molecule has 34 heavy (non-hydrogen) atoms. The number of para-hydroxylation sites is 3. The second-order valence-corrected chi connectivity index (χ2v) is 9.83. The van der Waals surface area contributed by atoms with Crippen LogP contribution in [-0.2, 0) is 0 Å². The molecule has 2 nitrogen and oxygen atoms in total. The van der Waals surface area contributed by atoms with E-state index in [1.54, 1.807) is 0 Å². The van der Waals surface area contributed by atoms with Crippen molar-refractivity contribution in [3.63, 3.8) is 0 Å². The number of hydrogen-bond acceptors (Lipinski definition) is 0. The van der Waals surface area contributed by atoms with Crippen molar-refractivity contribution in [1.29, 1.82) is 0 Å². The van der Waals surface area contributed by atoms with Gasteiger partial charge in [0.2, 0.25) is 0 Å². The molecule has 2 aliphatic heterocycles. The van der Waals surface area contributed by atoms with Gasteiger partial charge in [0.05, 0.1) is 11.0 Å². The molecule has 0 unspecified atom stereocenters. The topological polar surface area (TPSA) is 9.86 Å². The summed E-state index contributed by atoms with van der Waals surface area (Å²) >= 11 is 0. The van der Waals surface area contributed by atoms with E-state index >= 15 is 0 Å². The monoisotopic (exact) mass is 430 g/mol. The van der Waals surface area contributed by atoms with Gasteiger partial charge in [-0.15, -0.1) is 0 Å². The number of benzene rings is 5. The van der Waals surface area contributed by atoms with Gasteiger partial charge in [0.25, 0.3) is 0 Å². The maximum Gasteiger partial charge on any atom is 0.333 e. The lowest BCUT2D eigenvalue weighted by atomic mass is 9.45. The highest BCUT2D eigenvalue weighted by Crippen LogP contribution is 2.42. The van der Waals surface area contributed by atoms with E-state index in [0.29, 0.717) is 0 Å². The number of fused-ring (bicyclic) bond motifs is 10. The molecular formula is C31H19BN2. The molecule has 0 aliphatic carbocycles. The fourth-order valence-corrected chi connectivity index (χ4v) is 6.91. The molecule has 3 heteroatoms. The van der Waals surface area contributed by atoms with Crippen LogP contribution in [0.2, 0.25) is 0 Å². The van der Waals surface area contributed by atoms with Crippen molar-refractivity contribution in [2.24, 2.45) is 0 Å². The van der Waals surface area contributed by atoms with Crippen LogP contribution in [-0.4, -0.2) is 15.9 Å². The molecule has 0 spiro atoms. The van der Waals surface area contributed by atoms with Crippen LogP contribution in [0, 0.1) is 6.92 Å². The van der Waals surface area contributed by atoms with Crippen molar-refractivity contribution in [2.75, 3.05) is 0 Å². The van der Waals surface area contributed by atoms with Crippen molar-refractivity contribution in [2.45, 2.75) is 6.92 Å². The molecule has 0 saturated carbocycles. The number of aromatic nitrogens is 2. The van der Waals surface area contributed by atoms with Crippen molar-refractivity contribution in [3.8, 4) is 16.8 Å². The molecule has 0 radical (unpaired) electrons. The third-order valence-corrected chi connectivity index (χ3v) is 8.15. The van der Waals surface area contributed by atoms with Gasteiger partial charge >= 0.3 is 6.85 Å². The van der Waals surface area contributed by atoms with Gasteiger partial charge in [0.15, 0.2) is 0 Å². The van der Waals surface area contributed by atoms with Gasteiger partial charge in [-0.2, -0.15) is 0 Å². The van der Waals surface area contributed by atoms with Crippen LogP contribution in [0.3, 0.4) is 0 Å². The third-order valence-electron chi connectivity index (χ3n) is 8.15. The first-order valence-corrected chi connectivity index (χ1v) is 12.0. The minimum absolute atomic E-state index is 0.157. The third kappa shape index (κ3) is 1.78. The zero-order valence-electron chi connectivity index (χ0n) is 18.7. The largest absolute Gasteiger partial charge is 0.375 e. The van der Waals surface area contributed by atoms with Crippen LogP contribution in [0.4, 0.5) is 0 Å². The van der Waals surface area contributed by atoms with Crippen LogP contribution in [0.1, 0.15) is 5.56 Å². The van der Waals surface area contributed by atoms with E-state index < -0.39 is 0 Å². The van der Waals surface area contributed by atoms with Gasteiger partial charge in [-0.05, 0) is 47.7 Å². The Morgan fingerprint density at radius 2 is 1.35 bits per heavy atom. The van der Waals surface area contributed by atoms with Gasteiger partial charge < -0.3 is 9.05 Å². The van der Waals surface area contributed by atoms with Gasteiger partial charge in [-0.25, -0.2) is 0 Å². The SMILES string of the molecule is Cc1ccc2c(c1)c1cccc3c1n2B1c2c-3cccc2-n2c3ccccc3c3cccc1c32. The van der Waals surface area contributed by atoms with E-state index in [2.05, 4.69) is 113 Å². The summed E-state index contributed by atoms with van der Waals surface area (Å²) in [4.78, 5) is 0. The van der Waals surface area contributed by atoms with Gasteiger partial charge in [0, 0.05) is 43.8 Å². The predicted octanol–water partition coefficient (Wildman–Crippen LogP) is 6.15. The van der Waals surface area contributed by atoms with Crippen molar-refractivity contribution in [1.82, 2.24) is 9.05 Å². The summed E-state index contributed by atoms with van der Waals surface area (Å²) in [6, 6.07) is 36.4. The van der Waals surface area contributed by atoms with E-state index in [-0.39, 0.29) is 6.85 Å². The van der Waals surface area contributed by atoms with Crippen molar-refractivity contribution in [3.05, 3.63) is 103 Å². The average Bonchev–Trinajstić information content (AvgIpc) is 3.39. The molecule has 4 heterocycles. The standard InChI is InChI=1S/C31H19BN2/c1-18-15-16-27-24(17-18)23-10-4-9-22-20-8-6-14-28-29(20)32(34(27)30(22)23)25-12-5-11-21-19-7-2-3-13-26(19)33(28)31(21)25/h2-17H,1H3. The van der Waals surface area contributed by atoms with Crippen LogP contribution < -0.4 is 10.9 Å². The normalized spacial score (nSPS) is 13.4. The molecular weight excluding hydrogens is 411 g/mol. The molecule has 0 atom stereocenters. The first-order valence-electron chi connectivity index (χ1n) is 12.0. The second kappa shape index (κ2) is 5.63. The second-order valence-electron chi connectivity index (χ2n) is 9.83. The van der Waals surface area contributed by atoms with E-state index in [4.69, 9.17) is 0 Å². The summed E-state index contributed by atoms with van der Waals surface area (Å²) in [7, 11) is 0. The lowest BCUT2D eigenvalue weighted by molar-refractivity contribution is 1.17. The Labute approximate surface area is 196 Å². The Morgan fingerprint density at radius 1 is 0.588 bits per heavy atom. The highest BCUT2D eigenvalue weighted by Gasteiger charge is 2.40. The van der Waals surface area contributed by atoms with Gasteiger partial charge in [0.1, 0.15) is 0 Å². The molecule has 0 fully saturated rings. The maximum absolute atomic E-state index is 2.63. The lowest BCUT2D eigenvalue weighted by Gasteiger charge is -2.33. The first kappa shape index (κ1) is 17.3. The summed E-state index contributed by atoms with van der Waals surface area (Å²) in [6.45, 7) is 2.35. The Morgan fingerprint density at radius 3 is 2.29 bits per heavy atom. The highest BCUT2D eigenvalue weighted by atomic mass is 15.0. The van der Waals surface area contributed by atoms with Crippen molar-refractivity contribution >= 4 is 61.4 Å². The number of aryl methyl sites for hydroxylation is 1. The first-order chi connectivity index (χ1) is 16.8. The van der Waals surface area contributed by atoms with E-state index in [0.717, 1.165) is 0 Å². The van der Waals surface area contributed by atoms with Crippen LogP contribution in [0.25, 0.3) is 60.4 Å². The Bertz CT molecular complexity index is 2040. The Balaban J connectivity index is 1.59. The number of nitrogens with zero attached hydrogens (tertiary/aromatic N) is 2. The fourth-order valence-electron chi connectivity index (χ4n) is 6.91. The zero-order valence-corrected chi connectivity index (χ0v) is 18.7. The van der Waals surface area contributed by atoms with Crippen LogP contribution >= 0.6 is 0 Å². The summed E-state index contributed by atoms with van der Waals surface area (Å²) < 4.78 is 5.14. The van der Waals surface area contributed by atoms with E-state index in [1.807, 2.05) is 0 Å². The molecule has 5 aromatic carbocycles. The zero-order chi connectivity index (χ0) is 22.1. The summed E-state index contributed by atoms with van der Waals surface area (Å²) in [5, 5.41) is 5.37. The summed E-state index contributed by atoms with van der Waals surface area (Å²) in [6.07, 6.45) is 0. The van der Waals surface area contributed by atoms with E-state index in [9.17, 15) is 0 Å². The molecule has 2 aromatic heterocycles. The molecule has 0 N–H and O–H groups in total. The van der Waals surface area contributed by atoms with Gasteiger partial charge in [-0.3, -0.25) is 0 Å². The molecule has 9 rings (SSSR count). The minimum atomic E-state index is 0.157. The lowest BCUT2D eigenvalue weighted by Crippen LogP contribution is -2.55. The summed E-state index contributed by atoms with van der Waals surface area (Å²) in [5.74, 6) is 0. The Hall–Kier alpha value is -4.24. The predicted molar refractivity (Wildman–Crippen MR) is 144 cm³/mol. The quantitative estimate of drug-likeness (QED) is 0.256. The molecule has 156 valence electrons. The molecule has 7 aromatic rings. The minimum Gasteiger partial charge on any atom is -0.375 e. The molecule has 0 saturated heterocycles. The van der Waals surface area contributed by atoms with Gasteiger partial charge in [-0.1, -0.05) is 78.4 Å². The van der Waals surface area contributed by atoms with E-state index in [1.165, 1.54) is 76.9 Å². The number of hydrogen-bond donors (Lipinski definition) is 0. The fraction of sp³-hybridized carbons (Fsp3) is 0.0323. The molecule has 0 bridgehead atoms. The summed E-state index contributed by atoms with van der Waals surface area (Å²) in [5.41, 5.74) is 13.4. The highest BCUT2D eigenvalue weighted by molar-refractivity contribution is 6.90. The number of rotatable bonds is 0. The smallest absolute Gasteiger partial charge is 0.333 e. The Kier molecular flexibility index (Phi) is 2.86. The molecule has 0 amide bonds. The maximum atomic E-state index is 2.63. The average molecular weight is 430 g/mol. The van der Waals surface area contributed by atoms with Crippen LogP contribution in [0.15, 0.2) is 97.1 Å².